The van der Waals surface area contributed by atoms with Crippen molar-refractivity contribution < 1.29 is 19.1 Å². The minimum Gasteiger partial charge on any atom is -0.450 e. The molecule has 0 radical (unpaired) electrons. The van der Waals surface area contributed by atoms with Gasteiger partial charge in [0.1, 0.15) is 6.42 Å². The molecular formula is C16H29N3O4. The molecule has 1 heterocycles. The fraction of sp³-hybridized carbons (Fsp3) is 0.812. The van der Waals surface area contributed by atoms with E-state index < -0.39 is 0 Å². The van der Waals surface area contributed by atoms with Crippen LogP contribution in [0.4, 0.5) is 4.79 Å². The third kappa shape index (κ3) is 6.88. The molecule has 3 amide bonds. The van der Waals surface area contributed by atoms with Gasteiger partial charge in [-0.1, -0.05) is 13.3 Å². The normalized spacial score (nSPS) is 15.2. The highest BCUT2D eigenvalue weighted by molar-refractivity contribution is 5.96. The van der Waals surface area contributed by atoms with E-state index >= 15 is 0 Å². The van der Waals surface area contributed by atoms with Crippen molar-refractivity contribution in [2.75, 3.05) is 33.3 Å². The Labute approximate surface area is 138 Å². The largest absolute Gasteiger partial charge is 0.450 e. The van der Waals surface area contributed by atoms with Crippen LogP contribution in [0.15, 0.2) is 0 Å². The number of piperidine rings is 1. The monoisotopic (exact) mass is 327 g/mol. The van der Waals surface area contributed by atoms with Crippen molar-refractivity contribution in [3.8, 4) is 0 Å². The van der Waals surface area contributed by atoms with E-state index in [1.807, 2.05) is 0 Å². The second-order valence-electron chi connectivity index (χ2n) is 5.87. The smallest absolute Gasteiger partial charge is 0.409 e. The number of likely N-dealkylation sites (tertiary alicyclic amines) is 1. The highest BCUT2D eigenvalue weighted by Gasteiger charge is 2.25. The quantitative estimate of drug-likeness (QED) is 0.716. The Morgan fingerprint density at radius 2 is 1.87 bits per heavy atom. The number of ether oxygens (including phenoxy) is 1. The van der Waals surface area contributed by atoms with Gasteiger partial charge in [0.2, 0.25) is 11.8 Å². The van der Waals surface area contributed by atoms with E-state index in [0.29, 0.717) is 39.1 Å². The number of amides is 3. The molecule has 0 bridgehead atoms. The summed E-state index contributed by atoms with van der Waals surface area (Å²) in [5, 5.41) is 2.89. The molecule has 0 atom stereocenters. The lowest BCUT2D eigenvalue weighted by Gasteiger charge is -2.31. The predicted octanol–water partition coefficient (Wildman–Crippen LogP) is 1.37. The summed E-state index contributed by atoms with van der Waals surface area (Å²) in [5.41, 5.74) is 0. The van der Waals surface area contributed by atoms with Gasteiger partial charge in [-0.2, -0.15) is 0 Å². The van der Waals surface area contributed by atoms with Crippen LogP contribution in [-0.2, 0) is 14.3 Å². The molecule has 0 aromatic rings. The van der Waals surface area contributed by atoms with Crippen molar-refractivity contribution in [1.82, 2.24) is 15.1 Å². The van der Waals surface area contributed by atoms with Gasteiger partial charge in [-0.15, -0.1) is 0 Å². The Kier molecular flexibility index (Phi) is 8.43. The van der Waals surface area contributed by atoms with Crippen molar-refractivity contribution >= 4 is 17.9 Å². The summed E-state index contributed by atoms with van der Waals surface area (Å²) in [7, 11) is 1.73. The zero-order valence-corrected chi connectivity index (χ0v) is 14.5. The number of rotatable bonds is 7. The second-order valence-corrected chi connectivity index (χ2v) is 5.87. The molecule has 23 heavy (non-hydrogen) atoms. The number of carbonyl (C=O) groups excluding carboxylic acids is 3. The molecule has 132 valence electrons. The summed E-state index contributed by atoms with van der Waals surface area (Å²) in [6, 6.07) is 0.0157. The molecule has 1 N–H and O–H groups in total. The van der Waals surface area contributed by atoms with Gasteiger partial charge in [0.05, 0.1) is 6.61 Å². The summed E-state index contributed by atoms with van der Waals surface area (Å²) in [4.78, 5) is 38.7. The van der Waals surface area contributed by atoms with E-state index in [0.717, 1.165) is 12.8 Å². The summed E-state index contributed by atoms with van der Waals surface area (Å²) < 4.78 is 4.96. The Bertz CT molecular complexity index is 406. The second kappa shape index (κ2) is 10.1. The van der Waals surface area contributed by atoms with E-state index in [1.165, 1.54) is 0 Å². The van der Waals surface area contributed by atoms with Crippen LogP contribution < -0.4 is 5.32 Å². The Balaban J connectivity index is 2.28. The number of nitrogens with zero attached hydrogens (tertiary/aromatic N) is 2. The van der Waals surface area contributed by atoms with Crippen LogP contribution in [0.1, 0.15) is 46.0 Å². The first-order valence-electron chi connectivity index (χ1n) is 8.42. The summed E-state index contributed by atoms with van der Waals surface area (Å²) in [6.45, 7) is 6.01. The molecule has 0 spiro atoms. The van der Waals surface area contributed by atoms with E-state index in [2.05, 4.69) is 12.2 Å². The molecule has 1 aliphatic heterocycles. The van der Waals surface area contributed by atoms with Gasteiger partial charge in [0.15, 0.2) is 0 Å². The molecule has 0 unspecified atom stereocenters. The van der Waals surface area contributed by atoms with E-state index in [9.17, 15) is 14.4 Å². The van der Waals surface area contributed by atoms with Gasteiger partial charge in [-0.05, 0) is 26.2 Å². The summed E-state index contributed by atoms with van der Waals surface area (Å²) in [5.74, 6) is -0.396. The van der Waals surface area contributed by atoms with E-state index in [-0.39, 0.29) is 30.4 Å². The van der Waals surface area contributed by atoms with Crippen molar-refractivity contribution in [3.63, 3.8) is 0 Å². The van der Waals surface area contributed by atoms with Crippen LogP contribution >= 0.6 is 0 Å². The lowest BCUT2D eigenvalue weighted by atomic mass is 10.1. The number of nitrogens with one attached hydrogen (secondary N) is 1. The lowest BCUT2D eigenvalue weighted by molar-refractivity contribution is -0.135. The first kappa shape index (κ1) is 19.3. The molecule has 1 rings (SSSR count). The number of hydrogen-bond acceptors (Lipinski definition) is 4. The number of unbranched alkanes of at least 4 members (excludes halogenated alkanes) is 1. The topological polar surface area (TPSA) is 79.0 Å². The van der Waals surface area contributed by atoms with Crippen LogP contribution in [0.3, 0.4) is 0 Å². The van der Waals surface area contributed by atoms with Crippen molar-refractivity contribution in [2.24, 2.45) is 0 Å². The predicted molar refractivity (Wildman–Crippen MR) is 86.9 cm³/mol. The fourth-order valence-corrected chi connectivity index (χ4v) is 2.49. The number of hydrogen-bond donors (Lipinski definition) is 1. The minimum absolute atomic E-state index is 0.0157. The van der Waals surface area contributed by atoms with Crippen molar-refractivity contribution in [2.45, 2.75) is 52.0 Å². The highest BCUT2D eigenvalue weighted by Crippen LogP contribution is 2.11. The lowest BCUT2D eigenvalue weighted by Crippen LogP contribution is -2.47. The van der Waals surface area contributed by atoms with Crippen LogP contribution in [0.25, 0.3) is 0 Å². The van der Waals surface area contributed by atoms with Gasteiger partial charge in [-0.25, -0.2) is 4.79 Å². The standard InChI is InChI=1S/C16H29N3O4/c1-4-6-9-18(3)15(21)12-14(20)17-13-7-10-19(11-8-13)16(22)23-5-2/h13H,4-12H2,1-3H3,(H,17,20). The van der Waals surface area contributed by atoms with Gasteiger partial charge in [0, 0.05) is 32.7 Å². The van der Waals surface area contributed by atoms with E-state index in [1.54, 1.807) is 23.8 Å². The zero-order valence-electron chi connectivity index (χ0n) is 14.5. The molecule has 0 aromatic heterocycles. The molecule has 0 saturated carbocycles. The van der Waals surface area contributed by atoms with Gasteiger partial charge in [-0.3, -0.25) is 9.59 Å². The van der Waals surface area contributed by atoms with Gasteiger partial charge >= 0.3 is 6.09 Å². The molecule has 1 fully saturated rings. The summed E-state index contributed by atoms with van der Waals surface area (Å²) >= 11 is 0. The molecule has 1 saturated heterocycles. The first-order valence-corrected chi connectivity index (χ1v) is 8.42. The average molecular weight is 327 g/mol. The van der Waals surface area contributed by atoms with Crippen LogP contribution in [-0.4, -0.2) is 67.0 Å². The molecule has 0 aromatic carbocycles. The SMILES string of the molecule is CCCCN(C)C(=O)CC(=O)NC1CCN(C(=O)OCC)CC1. The van der Waals surface area contributed by atoms with E-state index in [4.69, 9.17) is 4.74 Å². The summed E-state index contributed by atoms with van der Waals surface area (Å²) in [6.07, 6.45) is 2.91. The van der Waals surface area contributed by atoms with Crippen molar-refractivity contribution in [3.05, 3.63) is 0 Å². The minimum atomic E-state index is -0.301. The van der Waals surface area contributed by atoms with Crippen molar-refractivity contribution in [1.29, 1.82) is 0 Å². The molecule has 7 nitrogen and oxygen atoms in total. The fourth-order valence-electron chi connectivity index (χ4n) is 2.49. The third-order valence-electron chi connectivity index (χ3n) is 3.97. The molecule has 0 aliphatic carbocycles. The highest BCUT2D eigenvalue weighted by atomic mass is 16.6. The Hall–Kier alpha value is -1.79. The van der Waals surface area contributed by atoms with Crippen LogP contribution in [0.2, 0.25) is 0 Å². The van der Waals surface area contributed by atoms with Gasteiger partial charge in [0.25, 0.3) is 0 Å². The Morgan fingerprint density at radius 1 is 1.22 bits per heavy atom. The average Bonchev–Trinajstić information content (AvgIpc) is 2.53. The third-order valence-corrected chi connectivity index (χ3v) is 3.97. The Morgan fingerprint density at radius 3 is 2.43 bits per heavy atom. The molecular weight excluding hydrogens is 298 g/mol. The van der Waals surface area contributed by atoms with Gasteiger partial charge < -0.3 is 19.9 Å². The van der Waals surface area contributed by atoms with Crippen LogP contribution in [0, 0.1) is 0 Å². The van der Waals surface area contributed by atoms with Crippen LogP contribution in [0.5, 0.6) is 0 Å². The maximum Gasteiger partial charge on any atom is 0.409 e. The molecule has 1 aliphatic rings. The first-order chi connectivity index (χ1) is 11.0. The maximum atomic E-state index is 12.0. The zero-order chi connectivity index (χ0) is 17.2. The molecule has 7 heteroatoms. The number of carbonyl (C=O) groups is 3. The maximum absolute atomic E-state index is 12.0.